The summed E-state index contributed by atoms with van der Waals surface area (Å²) >= 11 is 0. The highest BCUT2D eigenvalue weighted by Crippen LogP contribution is 2.27. The molecule has 1 aliphatic rings. The van der Waals surface area contributed by atoms with Crippen LogP contribution in [-0.4, -0.2) is 19.0 Å². The molecule has 0 atom stereocenters. The fraction of sp³-hybridized carbons (Fsp3) is 0.417. The van der Waals surface area contributed by atoms with Gasteiger partial charge in [-0.3, -0.25) is 4.79 Å². The van der Waals surface area contributed by atoms with Crippen LogP contribution in [0, 0.1) is 17.6 Å². The van der Waals surface area contributed by atoms with E-state index in [2.05, 4.69) is 10.6 Å². The van der Waals surface area contributed by atoms with Gasteiger partial charge in [0.05, 0.1) is 6.54 Å². The molecule has 6 heteroatoms. The Hall–Kier alpha value is -1.20. The number of amides is 1. The summed E-state index contributed by atoms with van der Waals surface area (Å²) in [4.78, 5) is 11.4. The van der Waals surface area contributed by atoms with Crippen molar-refractivity contribution in [1.82, 2.24) is 5.32 Å². The Balaban J connectivity index is 0.00000162. The molecule has 0 radical (unpaired) electrons. The third kappa shape index (κ3) is 4.98. The molecule has 0 saturated heterocycles. The molecule has 2 N–H and O–H groups in total. The molecule has 1 aliphatic carbocycles. The highest BCUT2D eigenvalue weighted by Gasteiger charge is 2.20. The Bertz CT molecular complexity index is 404. The minimum Gasteiger partial charge on any atom is -0.325 e. The number of hydrogen-bond donors (Lipinski definition) is 2. The maximum Gasteiger partial charge on any atom is 0.238 e. The van der Waals surface area contributed by atoms with Gasteiger partial charge in [-0.05, 0) is 37.4 Å². The number of nitrogens with one attached hydrogen (secondary N) is 2. The van der Waals surface area contributed by atoms with Crippen LogP contribution < -0.4 is 10.6 Å². The van der Waals surface area contributed by atoms with Gasteiger partial charge >= 0.3 is 0 Å². The van der Waals surface area contributed by atoms with Gasteiger partial charge in [0.1, 0.15) is 11.6 Å². The van der Waals surface area contributed by atoms with Crippen molar-refractivity contribution in [2.24, 2.45) is 5.92 Å². The van der Waals surface area contributed by atoms with Crippen LogP contribution in [0.15, 0.2) is 18.2 Å². The minimum atomic E-state index is -0.703. The third-order valence-electron chi connectivity index (χ3n) is 2.56. The lowest BCUT2D eigenvalue weighted by molar-refractivity contribution is -0.115. The van der Waals surface area contributed by atoms with Crippen LogP contribution in [-0.2, 0) is 4.79 Å². The topological polar surface area (TPSA) is 41.1 Å². The molecular weight excluding hydrogens is 262 g/mol. The standard InChI is InChI=1S/C12H14F2N2O.ClH/c13-9-3-10(14)5-11(4-9)16-12(17)7-15-6-8-1-2-8;/h3-5,8,15H,1-2,6-7H2,(H,16,17);1H. The molecule has 0 spiro atoms. The molecular formula is C12H15ClF2N2O. The van der Waals surface area contributed by atoms with Gasteiger partial charge in [-0.1, -0.05) is 0 Å². The summed E-state index contributed by atoms with van der Waals surface area (Å²) in [5, 5.41) is 5.43. The van der Waals surface area contributed by atoms with Crippen LogP contribution in [0.25, 0.3) is 0 Å². The lowest BCUT2D eigenvalue weighted by atomic mass is 10.3. The summed E-state index contributed by atoms with van der Waals surface area (Å²) < 4.78 is 25.7. The van der Waals surface area contributed by atoms with Crippen molar-refractivity contribution in [2.75, 3.05) is 18.4 Å². The molecule has 18 heavy (non-hydrogen) atoms. The van der Waals surface area contributed by atoms with Crippen LogP contribution in [0.3, 0.4) is 0 Å². The molecule has 0 aromatic heterocycles. The van der Waals surface area contributed by atoms with E-state index < -0.39 is 11.6 Å². The normalized spacial score (nSPS) is 13.9. The van der Waals surface area contributed by atoms with Gasteiger partial charge in [-0.15, -0.1) is 12.4 Å². The first-order valence-corrected chi connectivity index (χ1v) is 5.60. The Kier molecular flexibility index (Phi) is 5.50. The zero-order valence-electron chi connectivity index (χ0n) is 9.71. The van der Waals surface area contributed by atoms with E-state index in [1.165, 1.54) is 12.8 Å². The number of hydrogen-bond acceptors (Lipinski definition) is 2. The minimum absolute atomic E-state index is 0. The number of rotatable bonds is 5. The van der Waals surface area contributed by atoms with E-state index in [-0.39, 0.29) is 30.5 Å². The summed E-state index contributed by atoms with van der Waals surface area (Å²) in [5.74, 6) is -1.01. The number of carbonyl (C=O) groups is 1. The molecule has 0 unspecified atom stereocenters. The van der Waals surface area contributed by atoms with Crippen molar-refractivity contribution in [3.05, 3.63) is 29.8 Å². The van der Waals surface area contributed by atoms with Crippen molar-refractivity contribution in [3.63, 3.8) is 0 Å². The van der Waals surface area contributed by atoms with Gasteiger partial charge in [-0.2, -0.15) is 0 Å². The second kappa shape index (κ2) is 6.66. The molecule has 0 bridgehead atoms. The predicted molar refractivity (Wildman–Crippen MR) is 67.8 cm³/mol. The van der Waals surface area contributed by atoms with Gasteiger partial charge in [0.25, 0.3) is 0 Å². The molecule has 1 saturated carbocycles. The smallest absolute Gasteiger partial charge is 0.238 e. The second-order valence-electron chi connectivity index (χ2n) is 4.28. The molecule has 2 rings (SSSR count). The van der Waals surface area contributed by atoms with Crippen molar-refractivity contribution >= 4 is 24.0 Å². The number of anilines is 1. The van der Waals surface area contributed by atoms with Crippen LogP contribution in [0.5, 0.6) is 0 Å². The van der Waals surface area contributed by atoms with E-state index in [1.807, 2.05) is 0 Å². The Morgan fingerprint density at radius 3 is 2.39 bits per heavy atom. The lowest BCUT2D eigenvalue weighted by Crippen LogP contribution is -2.29. The van der Waals surface area contributed by atoms with Gasteiger partial charge in [0.15, 0.2) is 0 Å². The molecule has 100 valence electrons. The monoisotopic (exact) mass is 276 g/mol. The fourth-order valence-electron chi connectivity index (χ4n) is 1.54. The molecule has 1 amide bonds. The van der Waals surface area contributed by atoms with E-state index >= 15 is 0 Å². The number of benzene rings is 1. The maximum atomic E-state index is 12.8. The fourth-order valence-corrected chi connectivity index (χ4v) is 1.54. The molecule has 0 aliphatic heterocycles. The van der Waals surface area contributed by atoms with Crippen molar-refractivity contribution in [3.8, 4) is 0 Å². The Morgan fingerprint density at radius 2 is 1.83 bits per heavy atom. The highest BCUT2D eigenvalue weighted by molar-refractivity contribution is 5.92. The van der Waals surface area contributed by atoms with Crippen LogP contribution in [0.1, 0.15) is 12.8 Å². The lowest BCUT2D eigenvalue weighted by Gasteiger charge is -2.06. The first-order valence-electron chi connectivity index (χ1n) is 5.60. The average molecular weight is 277 g/mol. The summed E-state index contributed by atoms with van der Waals surface area (Å²) in [6.45, 7) is 0.986. The van der Waals surface area contributed by atoms with Gasteiger partial charge in [0.2, 0.25) is 5.91 Å². The van der Waals surface area contributed by atoms with Gasteiger partial charge < -0.3 is 10.6 Å². The van der Waals surface area contributed by atoms with Gasteiger partial charge in [0, 0.05) is 11.8 Å². The highest BCUT2D eigenvalue weighted by atomic mass is 35.5. The Labute approximate surface area is 110 Å². The summed E-state index contributed by atoms with van der Waals surface area (Å²) in [6.07, 6.45) is 2.42. The average Bonchev–Trinajstić information content (AvgIpc) is 2.99. The number of carbonyl (C=O) groups excluding carboxylic acids is 1. The van der Waals surface area contributed by atoms with Gasteiger partial charge in [-0.25, -0.2) is 8.78 Å². The summed E-state index contributed by atoms with van der Waals surface area (Å²) in [5.41, 5.74) is 0.140. The van der Waals surface area contributed by atoms with E-state index in [4.69, 9.17) is 0 Å². The molecule has 1 aromatic carbocycles. The van der Waals surface area contributed by atoms with Crippen LogP contribution in [0.2, 0.25) is 0 Å². The zero-order chi connectivity index (χ0) is 12.3. The van der Waals surface area contributed by atoms with Crippen LogP contribution in [0.4, 0.5) is 14.5 Å². The van der Waals surface area contributed by atoms with E-state index in [0.29, 0.717) is 5.92 Å². The molecule has 0 heterocycles. The van der Waals surface area contributed by atoms with Crippen molar-refractivity contribution in [1.29, 1.82) is 0 Å². The molecule has 1 fully saturated rings. The first-order chi connectivity index (χ1) is 8.13. The maximum absolute atomic E-state index is 12.8. The van der Waals surface area contributed by atoms with Crippen molar-refractivity contribution in [2.45, 2.75) is 12.8 Å². The van der Waals surface area contributed by atoms with Crippen LogP contribution >= 0.6 is 12.4 Å². The second-order valence-corrected chi connectivity index (χ2v) is 4.28. The number of halogens is 3. The van der Waals surface area contributed by atoms with E-state index in [1.54, 1.807) is 0 Å². The zero-order valence-corrected chi connectivity index (χ0v) is 10.5. The van der Waals surface area contributed by atoms with Crippen molar-refractivity contribution < 1.29 is 13.6 Å². The molecule has 3 nitrogen and oxygen atoms in total. The first kappa shape index (κ1) is 14.9. The Morgan fingerprint density at radius 1 is 1.22 bits per heavy atom. The quantitative estimate of drug-likeness (QED) is 0.867. The third-order valence-corrected chi connectivity index (χ3v) is 2.56. The van der Waals surface area contributed by atoms with E-state index in [9.17, 15) is 13.6 Å². The van der Waals surface area contributed by atoms with E-state index in [0.717, 1.165) is 24.7 Å². The largest absolute Gasteiger partial charge is 0.325 e. The SMILES string of the molecule is Cl.O=C(CNCC1CC1)Nc1cc(F)cc(F)c1. The summed E-state index contributed by atoms with van der Waals surface area (Å²) in [6, 6.07) is 2.94. The molecule has 1 aromatic rings. The predicted octanol–water partition coefficient (Wildman–Crippen LogP) is 2.32. The summed E-state index contributed by atoms with van der Waals surface area (Å²) in [7, 11) is 0.